The van der Waals surface area contributed by atoms with Crippen LogP contribution in [-0.4, -0.2) is 18.5 Å². The van der Waals surface area contributed by atoms with Crippen molar-refractivity contribution in [1.29, 1.82) is 0 Å². The van der Waals surface area contributed by atoms with E-state index in [1.54, 1.807) is 6.07 Å². The summed E-state index contributed by atoms with van der Waals surface area (Å²) in [5, 5.41) is 0. The second-order valence-electron chi connectivity index (χ2n) is 5.78. The van der Waals surface area contributed by atoms with E-state index in [-0.39, 0.29) is 11.9 Å². The lowest BCUT2D eigenvalue weighted by Gasteiger charge is -2.33. The quantitative estimate of drug-likeness (QED) is 0.787. The van der Waals surface area contributed by atoms with Crippen LogP contribution in [0.15, 0.2) is 23.8 Å². The van der Waals surface area contributed by atoms with Crippen LogP contribution in [0, 0.1) is 5.92 Å². The highest BCUT2D eigenvalue weighted by molar-refractivity contribution is 6.06. The highest BCUT2D eigenvalue weighted by Crippen LogP contribution is 2.39. The lowest BCUT2D eigenvalue weighted by atomic mass is 9.80. The smallest absolute Gasteiger partial charge is 0.167 e. The summed E-state index contributed by atoms with van der Waals surface area (Å²) >= 11 is 0. The Kier molecular flexibility index (Phi) is 2.94. The molecule has 0 amide bonds. The van der Waals surface area contributed by atoms with E-state index in [1.807, 2.05) is 12.1 Å². The van der Waals surface area contributed by atoms with Gasteiger partial charge in [0.2, 0.25) is 0 Å². The highest BCUT2D eigenvalue weighted by Gasteiger charge is 2.31. The van der Waals surface area contributed by atoms with Gasteiger partial charge in [0.15, 0.2) is 5.78 Å². The molecule has 2 N–H and O–H groups in total. The first-order valence-electron chi connectivity index (χ1n) is 6.82. The number of hydrogen-bond donors (Lipinski definition) is 1. The first kappa shape index (κ1) is 12.4. The molecular weight excluding hydrogens is 238 g/mol. The van der Waals surface area contributed by atoms with E-state index < -0.39 is 0 Å². The molecule has 0 saturated carbocycles. The number of fused-ring (bicyclic) bond motifs is 2. The van der Waals surface area contributed by atoms with Crippen molar-refractivity contribution >= 4 is 17.0 Å². The Morgan fingerprint density at radius 3 is 2.84 bits per heavy atom. The largest absolute Gasteiger partial charge is 0.399 e. The Labute approximate surface area is 113 Å². The van der Waals surface area contributed by atoms with Crippen LogP contribution in [0.4, 0.5) is 5.69 Å². The highest BCUT2D eigenvalue weighted by atomic mass is 16.5. The van der Waals surface area contributed by atoms with Gasteiger partial charge in [-0.3, -0.25) is 4.79 Å². The van der Waals surface area contributed by atoms with Gasteiger partial charge in [-0.1, -0.05) is 19.4 Å². The van der Waals surface area contributed by atoms with Crippen molar-refractivity contribution in [2.75, 3.05) is 12.3 Å². The van der Waals surface area contributed by atoms with Crippen molar-refractivity contribution < 1.29 is 9.53 Å². The summed E-state index contributed by atoms with van der Waals surface area (Å²) in [5.74, 6) is 0.685. The average Bonchev–Trinajstić information content (AvgIpc) is 2.37. The van der Waals surface area contributed by atoms with Crippen LogP contribution in [0.5, 0.6) is 0 Å². The number of ether oxygens (including phenoxy) is 1. The Morgan fingerprint density at radius 1 is 1.32 bits per heavy atom. The number of benzene rings is 1. The van der Waals surface area contributed by atoms with Crippen LogP contribution in [-0.2, 0) is 4.74 Å². The van der Waals surface area contributed by atoms with Crippen LogP contribution in [0.25, 0.3) is 5.57 Å². The minimum absolute atomic E-state index is 0.207. The van der Waals surface area contributed by atoms with Gasteiger partial charge < -0.3 is 10.5 Å². The number of ketones is 1. The van der Waals surface area contributed by atoms with E-state index in [4.69, 9.17) is 10.5 Å². The first-order valence-corrected chi connectivity index (χ1v) is 6.82. The Balaban J connectivity index is 2.05. The Hall–Kier alpha value is -1.61. The monoisotopic (exact) mass is 257 g/mol. The van der Waals surface area contributed by atoms with Gasteiger partial charge in [0.25, 0.3) is 0 Å². The number of carbonyl (C=O) groups excluding carboxylic acids is 1. The van der Waals surface area contributed by atoms with E-state index in [9.17, 15) is 4.79 Å². The van der Waals surface area contributed by atoms with Crippen molar-refractivity contribution in [2.24, 2.45) is 5.92 Å². The number of rotatable bonds is 1. The van der Waals surface area contributed by atoms with Gasteiger partial charge in [0.05, 0.1) is 12.7 Å². The van der Waals surface area contributed by atoms with Crippen LogP contribution in [0.2, 0.25) is 0 Å². The van der Waals surface area contributed by atoms with Gasteiger partial charge in [-0.25, -0.2) is 0 Å². The summed E-state index contributed by atoms with van der Waals surface area (Å²) in [5.41, 5.74) is 10.7. The van der Waals surface area contributed by atoms with Crippen molar-refractivity contribution in [3.8, 4) is 0 Å². The van der Waals surface area contributed by atoms with Crippen molar-refractivity contribution in [3.63, 3.8) is 0 Å². The number of Topliss-reactive ketones (excluding diaryl/α,β-unsaturated/α-hetero) is 1. The van der Waals surface area contributed by atoms with Gasteiger partial charge >= 0.3 is 0 Å². The van der Waals surface area contributed by atoms with Crippen molar-refractivity contribution in [2.45, 2.75) is 32.8 Å². The molecule has 1 aliphatic carbocycles. The van der Waals surface area contributed by atoms with Crippen LogP contribution >= 0.6 is 0 Å². The van der Waals surface area contributed by atoms with Gasteiger partial charge in [-0.05, 0) is 41.7 Å². The summed E-state index contributed by atoms with van der Waals surface area (Å²) in [6.07, 6.45) is 1.64. The molecule has 0 aromatic heterocycles. The lowest BCUT2D eigenvalue weighted by molar-refractivity contribution is 0.0350. The SMILES string of the molecule is CC(C)C1CC2=C(CO1)c1cc(N)ccc1C(=O)C2. The fraction of sp³-hybridized carbons (Fsp3) is 0.438. The fourth-order valence-electron chi connectivity index (χ4n) is 2.94. The van der Waals surface area contributed by atoms with E-state index >= 15 is 0 Å². The van der Waals surface area contributed by atoms with Gasteiger partial charge in [-0.15, -0.1) is 0 Å². The number of anilines is 1. The van der Waals surface area contributed by atoms with Gasteiger partial charge in [0, 0.05) is 17.7 Å². The van der Waals surface area contributed by atoms with Crippen molar-refractivity contribution in [3.05, 3.63) is 34.9 Å². The third-order valence-corrected chi connectivity index (χ3v) is 4.10. The number of nitrogens with two attached hydrogens (primary N) is 1. The maximum absolute atomic E-state index is 12.2. The normalized spacial score (nSPS) is 22.5. The van der Waals surface area contributed by atoms with Gasteiger partial charge in [0.1, 0.15) is 0 Å². The summed E-state index contributed by atoms with van der Waals surface area (Å²) < 4.78 is 5.93. The maximum Gasteiger partial charge on any atom is 0.167 e. The third-order valence-electron chi connectivity index (χ3n) is 4.10. The summed E-state index contributed by atoms with van der Waals surface area (Å²) in [4.78, 5) is 12.2. The summed E-state index contributed by atoms with van der Waals surface area (Å²) in [6.45, 7) is 4.92. The molecule has 3 heteroatoms. The predicted molar refractivity (Wildman–Crippen MR) is 75.9 cm³/mol. The Bertz CT molecular complexity index is 572. The zero-order valence-electron chi connectivity index (χ0n) is 11.4. The second kappa shape index (κ2) is 4.49. The van der Waals surface area contributed by atoms with E-state index in [1.165, 1.54) is 11.1 Å². The third kappa shape index (κ3) is 2.08. The molecule has 1 aliphatic heterocycles. The maximum atomic E-state index is 12.2. The summed E-state index contributed by atoms with van der Waals surface area (Å²) in [7, 11) is 0. The molecule has 3 rings (SSSR count). The van der Waals surface area contributed by atoms with Crippen LogP contribution in [0.3, 0.4) is 0 Å². The molecule has 3 nitrogen and oxygen atoms in total. The average molecular weight is 257 g/mol. The molecule has 100 valence electrons. The van der Waals surface area contributed by atoms with Gasteiger partial charge in [-0.2, -0.15) is 0 Å². The predicted octanol–water partition coefficient (Wildman–Crippen LogP) is 3.05. The lowest BCUT2D eigenvalue weighted by Crippen LogP contribution is -2.29. The first-order chi connectivity index (χ1) is 9.06. The van der Waals surface area contributed by atoms with E-state index in [0.717, 1.165) is 17.5 Å². The minimum Gasteiger partial charge on any atom is -0.399 e. The molecule has 0 bridgehead atoms. The fourth-order valence-corrected chi connectivity index (χ4v) is 2.94. The second-order valence-corrected chi connectivity index (χ2v) is 5.78. The minimum atomic E-state index is 0.207. The zero-order chi connectivity index (χ0) is 13.6. The molecule has 0 saturated heterocycles. The van der Waals surface area contributed by atoms with E-state index in [0.29, 0.717) is 24.6 Å². The molecule has 1 unspecified atom stereocenters. The van der Waals surface area contributed by atoms with Crippen molar-refractivity contribution in [1.82, 2.24) is 0 Å². The Morgan fingerprint density at radius 2 is 2.11 bits per heavy atom. The van der Waals surface area contributed by atoms with Crippen LogP contribution in [0.1, 0.15) is 42.6 Å². The number of nitrogen functional groups attached to an aromatic ring is 1. The molecule has 0 radical (unpaired) electrons. The molecule has 1 atom stereocenters. The molecule has 1 aromatic rings. The topological polar surface area (TPSA) is 52.3 Å². The van der Waals surface area contributed by atoms with Crippen LogP contribution < -0.4 is 5.73 Å². The zero-order valence-corrected chi connectivity index (χ0v) is 11.4. The standard InChI is InChI=1S/C16H19NO2/c1-9(2)16-6-10-5-15(18)12-4-3-11(17)7-13(12)14(10)8-19-16/h3-4,7,9,16H,5-6,8,17H2,1-2H3. The molecule has 1 heterocycles. The molecule has 0 fully saturated rings. The number of hydrogen-bond acceptors (Lipinski definition) is 3. The molecule has 0 spiro atoms. The molecule has 2 aliphatic rings. The molecule has 1 aromatic carbocycles. The molecule has 19 heavy (non-hydrogen) atoms. The summed E-state index contributed by atoms with van der Waals surface area (Å²) in [6, 6.07) is 5.54. The molecular formula is C16H19NO2. The van der Waals surface area contributed by atoms with E-state index in [2.05, 4.69) is 13.8 Å². The number of carbonyl (C=O) groups is 1.